The summed E-state index contributed by atoms with van der Waals surface area (Å²) in [5.74, 6) is -1.32. The van der Waals surface area contributed by atoms with Crippen LogP contribution in [0, 0.1) is 0 Å². The van der Waals surface area contributed by atoms with E-state index in [0.29, 0.717) is 12.1 Å². The van der Waals surface area contributed by atoms with Gasteiger partial charge in [-0.2, -0.15) is 26.3 Å². The number of carbonyl (C=O) groups excluding carboxylic acids is 2. The predicted molar refractivity (Wildman–Crippen MR) is 109 cm³/mol. The Morgan fingerprint density at radius 3 is 2.12 bits per heavy atom. The Labute approximate surface area is 189 Å². The Morgan fingerprint density at radius 1 is 1.00 bits per heavy atom. The molecular weight excluding hydrogens is 470 g/mol. The summed E-state index contributed by atoms with van der Waals surface area (Å²) in [4.78, 5) is 26.7. The first-order chi connectivity index (χ1) is 15.9. The number of rotatable bonds is 4. The smallest absolute Gasteiger partial charge is 0.409 e. The summed E-state index contributed by atoms with van der Waals surface area (Å²) < 4.78 is 89.2. The lowest BCUT2D eigenvalue weighted by atomic mass is 10.1. The molecule has 12 heteroatoms. The molecule has 3 rings (SSSR count). The zero-order valence-electron chi connectivity index (χ0n) is 17.4. The molecule has 1 fully saturated rings. The van der Waals surface area contributed by atoms with Crippen LogP contribution in [0.1, 0.15) is 27.0 Å². The largest absolute Gasteiger partial charge is 0.416 e. The first-order valence-electron chi connectivity index (χ1n) is 9.81. The fourth-order valence-corrected chi connectivity index (χ4v) is 3.13. The SMILES string of the molecule is C=Cc1cccc(C(=O)Nc2cc(C(F)(F)F)cc(C(F)(F)F)c2)c1OC(=O)N1CCOCC1. The van der Waals surface area contributed by atoms with Crippen LogP contribution < -0.4 is 10.1 Å². The van der Waals surface area contributed by atoms with Crippen molar-refractivity contribution in [1.82, 2.24) is 4.90 Å². The summed E-state index contributed by atoms with van der Waals surface area (Å²) in [6.07, 6.45) is -9.68. The van der Waals surface area contributed by atoms with E-state index in [1.165, 1.54) is 29.2 Å². The fourth-order valence-electron chi connectivity index (χ4n) is 3.13. The Morgan fingerprint density at radius 2 is 1.59 bits per heavy atom. The van der Waals surface area contributed by atoms with Gasteiger partial charge < -0.3 is 19.7 Å². The Kier molecular flexibility index (Phi) is 7.20. The first-order valence-corrected chi connectivity index (χ1v) is 9.81. The van der Waals surface area contributed by atoms with Crippen molar-refractivity contribution >= 4 is 23.8 Å². The average Bonchev–Trinajstić information content (AvgIpc) is 2.78. The van der Waals surface area contributed by atoms with Gasteiger partial charge in [0.15, 0.2) is 5.75 Å². The highest BCUT2D eigenvalue weighted by molar-refractivity contribution is 6.07. The zero-order chi connectivity index (χ0) is 25.1. The summed E-state index contributed by atoms with van der Waals surface area (Å²) in [5.41, 5.74) is -3.98. The minimum atomic E-state index is -5.08. The molecule has 1 aliphatic heterocycles. The molecule has 2 amide bonds. The first kappa shape index (κ1) is 25.1. The number of nitrogens with zero attached hydrogens (tertiary/aromatic N) is 1. The van der Waals surface area contributed by atoms with Crippen molar-refractivity contribution in [2.75, 3.05) is 31.6 Å². The van der Waals surface area contributed by atoms with Gasteiger partial charge in [-0.05, 0) is 24.3 Å². The van der Waals surface area contributed by atoms with Crippen molar-refractivity contribution in [3.63, 3.8) is 0 Å². The highest BCUT2D eigenvalue weighted by Crippen LogP contribution is 2.38. The maximum absolute atomic E-state index is 13.1. The molecule has 0 aliphatic carbocycles. The van der Waals surface area contributed by atoms with Gasteiger partial charge in [0.1, 0.15) is 0 Å². The van der Waals surface area contributed by atoms with Crippen LogP contribution in [-0.4, -0.2) is 43.2 Å². The molecule has 0 aromatic heterocycles. The van der Waals surface area contributed by atoms with Gasteiger partial charge in [0.2, 0.25) is 0 Å². The molecule has 2 aromatic carbocycles. The summed E-state index contributed by atoms with van der Waals surface area (Å²) in [5, 5.41) is 2.03. The van der Waals surface area contributed by atoms with Gasteiger partial charge in [-0.3, -0.25) is 4.79 Å². The van der Waals surface area contributed by atoms with Crippen LogP contribution in [0.4, 0.5) is 36.8 Å². The highest BCUT2D eigenvalue weighted by atomic mass is 19.4. The molecule has 182 valence electrons. The van der Waals surface area contributed by atoms with Gasteiger partial charge in [-0.15, -0.1) is 0 Å². The van der Waals surface area contributed by atoms with E-state index < -0.39 is 41.2 Å². The molecule has 1 saturated heterocycles. The van der Waals surface area contributed by atoms with Gasteiger partial charge in [0.05, 0.1) is 29.9 Å². The van der Waals surface area contributed by atoms with Gasteiger partial charge >= 0.3 is 18.4 Å². The molecule has 1 N–H and O–H groups in total. The Hall–Kier alpha value is -3.54. The standard InChI is InChI=1S/C22H18F6N2O4/c1-2-13-4-3-5-17(18(13)34-20(32)30-6-8-33-9-7-30)19(31)29-16-11-14(21(23,24)25)10-15(12-16)22(26,27)28/h2-5,10-12H,1,6-9H2,(H,29,31). The van der Waals surface area contributed by atoms with Crippen molar-refractivity contribution in [2.45, 2.75) is 12.4 Å². The van der Waals surface area contributed by atoms with E-state index in [1.54, 1.807) is 0 Å². The summed E-state index contributed by atoms with van der Waals surface area (Å²) in [6, 6.07) is 4.78. The fraction of sp³-hybridized carbons (Fsp3) is 0.273. The number of ether oxygens (including phenoxy) is 2. The number of halogens is 6. The molecule has 0 radical (unpaired) electrons. The third-order valence-electron chi connectivity index (χ3n) is 4.81. The number of benzene rings is 2. The number of hydrogen-bond donors (Lipinski definition) is 1. The van der Waals surface area contributed by atoms with Crippen molar-refractivity contribution < 1.29 is 45.4 Å². The van der Waals surface area contributed by atoms with Gasteiger partial charge in [0.25, 0.3) is 5.91 Å². The molecule has 0 unspecified atom stereocenters. The van der Waals surface area contributed by atoms with E-state index in [1.807, 2.05) is 5.32 Å². The molecular formula is C22H18F6N2O4. The molecule has 0 saturated carbocycles. The quantitative estimate of drug-likeness (QED) is 0.582. The topological polar surface area (TPSA) is 67.9 Å². The number of alkyl halides is 6. The minimum absolute atomic E-state index is 0.0521. The lowest BCUT2D eigenvalue weighted by Crippen LogP contribution is -2.42. The van der Waals surface area contributed by atoms with E-state index in [9.17, 15) is 35.9 Å². The Bertz CT molecular complexity index is 1060. The number of amides is 2. The van der Waals surface area contributed by atoms with E-state index >= 15 is 0 Å². The number of hydrogen-bond acceptors (Lipinski definition) is 4. The molecule has 6 nitrogen and oxygen atoms in total. The zero-order valence-corrected chi connectivity index (χ0v) is 17.4. The lowest BCUT2D eigenvalue weighted by molar-refractivity contribution is -0.143. The predicted octanol–water partition coefficient (Wildman–Crippen LogP) is 5.45. The lowest BCUT2D eigenvalue weighted by Gasteiger charge is -2.26. The molecule has 1 heterocycles. The van der Waals surface area contributed by atoms with Crippen molar-refractivity contribution in [3.05, 3.63) is 65.2 Å². The van der Waals surface area contributed by atoms with Gasteiger partial charge in [-0.25, -0.2) is 4.79 Å². The van der Waals surface area contributed by atoms with E-state index in [4.69, 9.17) is 9.47 Å². The van der Waals surface area contributed by atoms with Crippen LogP contribution in [0.3, 0.4) is 0 Å². The van der Waals surface area contributed by atoms with Crippen molar-refractivity contribution in [1.29, 1.82) is 0 Å². The van der Waals surface area contributed by atoms with Crippen LogP contribution in [0.15, 0.2) is 43.0 Å². The summed E-state index contributed by atoms with van der Waals surface area (Å²) in [7, 11) is 0. The maximum Gasteiger partial charge on any atom is 0.416 e. The van der Waals surface area contributed by atoms with Crippen LogP contribution in [0.25, 0.3) is 6.08 Å². The molecule has 0 spiro atoms. The van der Waals surface area contributed by atoms with Gasteiger partial charge in [0, 0.05) is 24.3 Å². The second-order valence-corrected chi connectivity index (χ2v) is 7.14. The monoisotopic (exact) mass is 488 g/mol. The normalized spacial score (nSPS) is 14.5. The number of nitrogens with one attached hydrogen (secondary N) is 1. The second kappa shape index (κ2) is 9.75. The van der Waals surface area contributed by atoms with Crippen molar-refractivity contribution in [2.24, 2.45) is 0 Å². The van der Waals surface area contributed by atoms with E-state index in [0.717, 1.165) is 0 Å². The summed E-state index contributed by atoms with van der Waals surface area (Å²) >= 11 is 0. The third-order valence-corrected chi connectivity index (χ3v) is 4.81. The highest BCUT2D eigenvalue weighted by Gasteiger charge is 2.37. The van der Waals surface area contributed by atoms with Crippen LogP contribution in [0.5, 0.6) is 5.75 Å². The molecule has 1 aliphatic rings. The number of morpholine rings is 1. The molecule has 34 heavy (non-hydrogen) atoms. The molecule has 2 aromatic rings. The second-order valence-electron chi connectivity index (χ2n) is 7.14. The van der Waals surface area contributed by atoms with E-state index in [2.05, 4.69) is 6.58 Å². The summed E-state index contributed by atoms with van der Waals surface area (Å²) in [6.45, 7) is 4.60. The maximum atomic E-state index is 13.1. The van der Waals surface area contributed by atoms with E-state index in [-0.39, 0.29) is 49.2 Å². The van der Waals surface area contributed by atoms with Crippen LogP contribution in [0.2, 0.25) is 0 Å². The molecule has 0 bridgehead atoms. The number of para-hydroxylation sites is 1. The van der Waals surface area contributed by atoms with Gasteiger partial charge in [-0.1, -0.05) is 24.8 Å². The minimum Gasteiger partial charge on any atom is -0.409 e. The van der Waals surface area contributed by atoms with Crippen LogP contribution >= 0.6 is 0 Å². The Balaban J connectivity index is 1.94. The number of anilines is 1. The van der Waals surface area contributed by atoms with Crippen molar-refractivity contribution in [3.8, 4) is 5.75 Å². The number of carbonyl (C=O) groups is 2. The average molecular weight is 488 g/mol. The molecule has 0 atom stereocenters. The third kappa shape index (κ3) is 5.87. The van der Waals surface area contributed by atoms with Crippen LogP contribution in [-0.2, 0) is 17.1 Å².